The maximum absolute atomic E-state index is 13.4. The summed E-state index contributed by atoms with van der Waals surface area (Å²) in [5.41, 5.74) is -0.204. The molecule has 0 heterocycles. The van der Waals surface area contributed by atoms with Gasteiger partial charge in [0.25, 0.3) is 5.91 Å². The second kappa shape index (κ2) is 6.11. The summed E-state index contributed by atoms with van der Waals surface area (Å²) in [5, 5.41) is 7.64. The normalized spacial score (nSPS) is 12.5. The van der Waals surface area contributed by atoms with Crippen molar-refractivity contribution in [2.75, 3.05) is 6.54 Å². The van der Waals surface area contributed by atoms with Crippen LogP contribution in [0.1, 0.15) is 38.1 Å². The fourth-order valence-electron chi connectivity index (χ4n) is 1.47. The Bertz CT molecular complexity index is 640. The molecule has 0 saturated carbocycles. The summed E-state index contributed by atoms with van der Waals surface area (Å²) in [5.74, 6) is -1.02. The molecule has 0 unspecified atom stereocenters. The van der Waals surface area contributed by atoms with E-state index in [1.807, 2.05) is 27.7 Å². The fourth-order valence-corrected chi connectivity index (χ4v) is 2.04. The van der Waals surface area contributed by atoms with E-state index in [0.29, 0.717) is 12.5 Å². The first-order valence-electron chi connectivity index (χ1n) is 6.55. The Morgan fingerprint density at radius 3 is 2.38 bits per heavy atom. The van der Waals surface area contributed by atoms with E-state index >= 15 is 0 Å². The van der Waals surface area contributed by atoms with Crippen molar-refractivity contribution in [3.63, 3.8) is 0 Å². The van der Waals surface area contributed by atoms with Crippen LogP contribution in [0.15, 0.2) is 23.1 Å². The molecule has 1 aromatic rings. The molecule has 0 fully saturated rings. The van der Waals surface area contributed by atoms with E-state index in [1.54, 1.807) is 0 Å². The lowest BCUT2D eigenvalue weighted by atomic mass is 9.81. The Kier molecular flexibility index (Phi) is 5.11. The van der Waals surface area contributed by atoms with Gasteiger partial charge in [-0.15, -0.1) is 0 Å². The summed E-state index contributed by atoms with van der Waals surface area (Å²) in [7, 11) is -4.06. The van der Waals surface area contributed by atoms with Crippen molar-refractivity contribution in [2.24, 2.45) is 16.5 Å². The van der Waals surface area contributed by atoms with Crippen LogP contribution in [0.2, 0.25) is 0 Å². The van der Waals surface area contributed by atoms with Crippen LogP contribution in [0.4, 0.5) is 4.39 Å². The third-order valence-corrected chi connectivity index (χ3v) is 4.62. The van der Waals surface area contributed by atoms with Crippen LogP contribution in [0.25, 0.3) is 0 Å². The van der Waals surface area contributed by atoms with Crippen LogP contribution >= 0.6 is 0 Å². The molecule has 0 saturated heterocycles. The fraction of sp³-hybridized carbons (Fsp3) is 0.500. The van der Waals surface area contributed by atoms with Gasteiger partial charge in [-0.1, -0.05) is 27.7 Å². The average Bonchev–Trinajstić information content (AvgIpc) is 2.34. The number of primary sulfonamides is 1. The standard InChI is InChI=1S/C14H21FN2O3S/c1-9(2)14(3,4)8-17-13(18)10-5-11(15)7-12(6-10)21(16,19)20/h5-7,9H,8H2,1-4H3,(H,17,18)(H2,16,19,20). The number of rotatable bonds is 5. The van der Waals surface area contributed by atoms with Crippen molar-refractivity contribution < 1.29 is 17.6 Å². The summed E-state index contributed by atoms with van der Waals surface area (Å²) in [6.45, 7) is 8.46. The Morgan fingerprint density at radius 1 is 1.33 bits per heavy atom. The molecule has 7 heteroatoms. The number of hydrogen-bond donors (Lipinski definition) is 2. The number of hydrogen-bond acceptors (Lipinski definition) is 3. The van der Waals surface area contributed by atoms with Gasteiger partial charge < -0.3 is 5.32 Å². The maximum atomic E-state index is 13.4. The topological polar surface area (TPSA) is 89.3 Å². The quantitative estimate of drug-likeness (QED) is 0.869. The van der Waals surface area contributed by atoms with Crippen LogP contribution in [-0.4, -0.2) is 20.9 Å². The predicted molar refractivity (Wildman–Crippen MR) is 78.7 cm³/mol. The largest absolute Gasteiger partial charge is 0.351 e. The molecule has 0 bridgehead atoms. The lowest BCUT2D eigenvalue weighted by Crippen LogP contribution is -2.37. The zero-order valence-corrected chi connectivity index (χ0v) is 13.4. The predicted octanol–water partition coefficient (Wildman–Crippen LogP) is 1.89. The first-order valence-corrected chi connectivity index (χ1v) is 8.10. The highest BCUT2D eigenvalue weighted by atomic mass is 32.2. The summed E-state index contributed by atoms with van der Waals surface area (Å²) in [6.07, 6.45) is 0. The molecule has 3 N–H and O–H groups in total. The van der Waals surface area contributed by atoms with Crippen LogP contribution < -0.4 is 10.5 Å². The molecular weight excluding hydrogens is 295 g/mol. The molecule has 0 aliphatic heterocycles. The molecular formula is C14H21FN2O3S. The number of nitrogens with one attached hydrogen (secondary N) is 1. The third kappa shape index (κ3) is 4.78. The molecule has 0 atom stereocenters. The highest BCUT2D eigenvalue weighted by Crippen LogP contribution is 2.24. The lowest BCUT2D eigenvalue weighted by Gasteiger charge is -2.29. The van der Waals surface area contributed by atoms with E-state index in [4.69, 9.17) is 5.14 Å². The van der Waals surface area contributed by atoms with Gasteiger partial charge >= 0.3 is 0 Å². The minimum atomic E-state index is -4.06. The van der Waals surface area contributed by atoms with Crippen molar-refractivity contribution in [2.45, 2.75) is 32.6 Å². The van der Waals surface area contributed by atoms with Crippen molar-refractivity contribution >= 4 is 15.9 Å². The van der Waals surface area contributed by atoms with Crippen molar-refractivity contribution in [3.05, 3.63) is 29.6 Å². The molecule has 0 spiro atoms. The number of benzene rings is 1. The van der Waals surface area contributed by atoms with Gasteiger partial charge in [-0.2, -0.15) is 0 Å². The molecule has 118 valence electrons. The van der Waals surface area contributed by atoms with Crippen LogP contribution in [0, 0.1) is 17.2 Å². The van der Waals surface area contributed by atoms with Crippen molar-refractivity contribution in [1.29, 1.82) is 0 Å². The number of carbonyl (C=O) groups is 1. The first kappa shape index (κ1) is 17.6. The molecule has 5 nitrogen and oxygen atoms in total. The van der Waals surface area contributed by atoms with Crippen LogP contribution in [0.3, 0.4) is 0 Å². The van der Waals surface area contributed by atoms with Gasteiger partial charge in [-0.3, -0.25) is 4.79 Å². The van der Waals surface area contributed by atoms with E-state index in [1.165, 1.54) is 0 Å². The van der Waals surface area contributed by atoms with E-state index in [0.717, 1.165) is 18.2 Å². The number of carbonyl (C=O) groups excluding carboxylic acids is 1. The maximum Gasteiger partial charge on any atom is 0.251 e. The van der Waals surface area contributed by atoms with Crippen LogP contribution in [0.5, 0.6) is 0 Å². The summed E-state index contributed by atoms with van der Waals surface area (Å²) in [4.78, 5) is 11.6. The minimum absolute atomic E-state index is 0.0708. The zero-order chi connectivity index (χ0) is 16.4. The number of halogens is 1. The highest BCUT2D eigenvalue weighted by molar-refractivity contribution is 7.89. The van der Waals surface area contributed by atoms with Gasteiger partial charge in [0.05, 0.1) is 4.90 Å². The van der Waals surface area contributed by atoms with Gasteiger partial charge in [0, 0.05) is 12.1 Å². The first-order chi connectivity index (χ1) is 9.43. The highest BCUT2D eigenvalue weighted by Gasteiger charge is 2.23. The second-order valence-corrected chi connectivity index (χ2v) is 7.61. The SMILES string of the molecule is CC(C)C(C)(C)CNC(=O)c1cc(F)cc(S(N)(=O)=O)c1. The molecule has 0 radical (unpaired) electrons. The average molecular weight is 316 g/mol. The molecule has 21 heavy (non-hydrogen) atoms. The molecule has 0 aliphatic carbocycles. The smallest absolute Gasteiger partial charge is 0.251 e. The van der Waals surface area contributed by atoms with Gasteiger partial charge in [-0.05, 0) is 29.5 Å². The Labute approximate surface area is 124 Å². The van der Waals surface area contributed by atoms with Gasteiger partial charge in [-0.25, -0.2) is 17.9 Å². The van der Waals surface area contributed by atoms with Gasteiger partial charge in [0.2, 0.25) is 10.0 Å². The van der Waals surface area contributed by atoms with E-state index < -0.39 is 26.6 Å². The monoisotopic (exact) mass is 316 g/mol. The molecule has 0 aliphatic rings. The zero-order valence-electron chi connectivity index (χ0n) is 12.6. The Hall–Kier alpha value is -1.47. The van der Waals surface area contributed by atoms with Crippen LogP contribution in [-0.2, 0) is 10.0 Å². The Balaban J connectivity index is 2.97. The van der Waals surface area contributed by atoms with E-state index in [9.17, 15) is 17.6 Å². The number of sulfonamides is 1. The second-order valence-electron chi connectivity index (χ2n) is 6.05. The molecule has 1 rings (SSSR count). The molecule has 0 aromatic heterocycles. The minimum Gasteiger partial charge on any atom is -0.351 e. The summed E-state index contributed by atoms with van der Waals surface area (Å²) in [6, 6.07) is 2.83. The number of nitrogens with two attached hydrogens (primary N) is 1. The Morgan fingerprint density at radius 2 is 1.90 bits per heavy atom. The third-order valence-electron chi connectivity index (χ3n) is 3.73. The summed E-state index contributed by atoms with van der Waals surface area (Å²) >= 11 is 0. The number of amides is 1. The van der Waals surface area contributed by atoms with Crippen molar-refractivity contribution in [1.82, 2.24) is 5.32 Å². The lowest BCUT2D eigenvalue weighted by molar-refractivity contribution is 0.0924. The molecule has 1 amide bonds. The molecule has 1 aromatic carbocycles. The van der Waals surface area contributed by atoms with Gasteiger partial charge in [0.15, 0.2) is 0 Å². The van der Waals surface area contributed by atoms with E-state index in [-0.39, 0.29) is 11.0 Å². The van der Waals surface area contributed by atoms with Crippen molar-refractivity contribution in [3.8, 4) is 0 Å². The van der Waals surface area contributed by atoms with Gasteiger partial charge in [0.1, 0.15) is 5.82 Å². The summed E-state index contributed by atoms with van der Waals surface area (Å²) < 4.78 is 35.9. The van der Waals surface area contributed by atoms with E-state index in [2.05, 4.69) is 5.32 Å².